The summed E-state index contributed by atoms with van der Waals surface area (Å²) in [4.78, 5) is 19.5. The van der Waals surface area contributed by atoms with E-state index in [1.54, 1.807) is 7.11 Å². The topological polar surface area (TPSA) is 42.4 Å². The maximum absolute atomic E-state index is 13.1. The first kappa shape index (κ1) is 17.4. The van der Waals surface area contributed by atoms with Gasteiger partial charge in [-0.2, -0.15) is 0 Å². The predicted octanol–water partition coefficient (Wildman–Crippen LogP) is 3.60. The molecule has 0 saturated heterocycles. The molecule has 0 fully saturated rings. The summed E-state index contributed by atoms with van der Waals surface area (Å²) in [6.45, 7) is 10.1. The van der Waals surface area contributed by atoms with Crippen LogP contribution in [0.3, 0.4) is 0 Å². The second-order valence-electron chi connectivity index (χ2n) is 6.47. The maximum atomic E-state index is 13.1. The van der Waals surface area contributed by atoms with Gasteiger partial charge >= 0.3 is 0 Å². The zero-order valence-corrected chi connectivity index (χ0v) is 14.7. The van der Waals surface area contributed by atoms with E-state index >= 15 is 0 Å². The van der Waals surface area contributed by atoms with Crippen LogP contribution < -0.4 is 0 Å². The Labute approximate surface area is 138 Å². The molecule has 0 aliphatic rings. The molecule has 0 aliphatic carbocycles. The molecule has 2 aromatic rings. The standard InChI is InChI=1S/C19H26N2O2/c1-13(2)12-21(8-9-23-5)19(22)17-11-15(4)20-18-7-6-14(3)10-16(17)18/h6-7,10-11,13H,8-9,12H2,1-5H3. The molecule has 1 heterocycles. The Hall–Kier alpha value is -1.94. The number of aromatic nitrogens is 1. The lowest BCUT2D eigenvalue weighted by atomic mass is 10.0. The lowest BCUT2D eigenvalue weighted by Crippen LogP contribution is -2.37. The van der Waals surface area contributed by atoms with Gasteiger partial charge in [-0.1, -0.05) is 25.5 Å². The highest BCUT2D eigenvalue weighted by atomic mass is 16.5. The third kappa shape index (κ3) is 4.29. The summed E-state index contributed by atoms with van der Waals surface area (Å²) in [7, 11) is 1.66. The van der Waals surface area contributed by atoms with E-state index in [9.17, 15) is 4.79 Å². The minimum absolute atomic E-state index is 0.0526. The fourth-order valence-corrected chi connectivity index (χ4v) is 2.74. The van der Waals surface area contributed by atoms with Crippen LogP contribution in [0.5, 0.6) is 0 Å². The predicted molar refractivity (Wildman–Crippen MR) is 93.8 cm³/mol. The molecule has 4 heteroatoms. The smallest absolute Gasteiger partial charge is 0.254 e. The van der Waals surface area contributed by atoms with E-state index in [0.29, 0.717) is 19.1 Å². The zero-order valence-electron chi connectivity index (χ0n) is 14.7. The molecule has 23 heavy (non-hydrogen) atoms. The number of aryl methyl sites for hydroxylation is 2. The number of carbonyl (C=O) groups is 1. The highest BCUT2D eigenvalue weighted by molar-refractivity contribution is 6.06. The van der Waals surface area contributed by atoms with Crippen LogP contribution in [0.2, 0.25) is 0 Å². The van der Waals surface area contributed by atoms with Crippen LogP contribution in [0.15, 0.2) is 24.3 Å². The molecule has 1 amide bonds. The SMILES string of the molecule is COCCN(CC(C)C)C(=O)c1cc(C)nc2ccc(C)cc12. The fourth-order valence-electron chi connectivity index (χ4n) is 2.74. The summed E-state index contributed by atoms with van der Waals surface area (Å²) in [5, 5.41) is 0.923. The van der Waals surface area contributed by atoms with Gasteiger partial charge in [-0.25, -0.2) is 0 Å². The number of nitrogens with zero attached hydrogens (tertiary/aromatic N) is 2. The fraction of sp³-hybridized carbons (Fsp3) is 0.474. The molecule has 2 rings (SSSR count). The number of fused-ring (bicyclic) bond motifs is 1. The Bertz CT molecular complexity index is 695. The Morgan fingerprint density at radius 1 is 1.26 bits per heavy atom. The van der Waals surface area contributed by atoms with Crippen molar-refractivity contribution in [1.82, 2.24) is 9.88 Å². The normalized spacial score (nSPS) is 11.2. The third-order valence-electron chi connectivity index (χ3n) is 3.76. The van der Waals surface area contributed by atoms with E-state index in [1.165, 1.54) is 0 Å². The molecule has 0 bridgehead atoms. The Kier molecular flexibility index (Phi) is 5.72. The number of hydrogen-bond acceptors (Lipinski definition) is 3. The number of methoxy groups -OCH3 is 1. The van der Waals surface area contributed by atoms with Crippen LogP contribution >= 0.6 is 0 Å². The summed E-state index contributed by atoms with van der Waals surface area (Å²) in [5.74, 6) is 0.462. The quantitative estimate of drug-likeness (QED) is 0.818. The second kappa shape index (κ2) is 7.55. The van der Waals surface area contributed by atoms with E-state index in [2.05, 4.69) is 18.8 Å². The number of rotatable bonds is 6. The maximum Gasteiger partial charge on any atom is 0.254 e. The zero-order chi connectivity index (χ0) is 17.0. The molecule has 0 saturated carbocycles. The van der Waals surface area contributed by atoms with Gasteiger partial charge in [0.2, 0.25) is 0 Å². The van der Waals surface area contributed by atoms with Crippen LogP contribution in [-0.4, -0.2) is 42.6 Å². The molecule has 124 valence electrons. The van der Waals surface area contributed by atoms with Crippen molar-refractivity contribution in [2.75, 3.05) is 26.8 Å². The molecular formula is C19H26N2O2. The van der Waals surface area contributed by atoms with Gasteiger partial charge in [0, 0.05) is 31.3 Å². The molecule has 0 radical (unpaired) electrons. The van der Waals surface area contributed by atoms with Crippen molar-refractivity contribution < 1.29 is 9.53 Å². The lowest BCUT2D eigenvalue weighted by Gasteiger charge is -2.25. The van der Waals surface area contributed by atoms with Crippen molar-refractivity contribution in [2.45, 2.75) is 27.7 Å². The molecular weight excluding hydrogens is 288 g/mol. The van der Waals surface area contributed by atoms with Crippen molar-refractivity contribution in [1.29, 1.82) is 0 Å². The van der Waals surface area contributed by atoms with E-state index in [4.69, 9.17) is 4.74 Å². The Balaban J connectivity index is 2.46. The number of pyridine rings is 1. The van der Waals surface area contributed by atoms with Crippen molar-refractivity contribution in [2.24, 2.45) is 5.92 Å². The van der Waals surface area contributed by atoms with E-state index in [1.807, 2.05) is 43.0 Å². The van der Waals surface area contributed by atoms with Crippen LogP contribution in [0.25, 0.3) is 10.9 Å². The van der Waals surface area contributed by atoms with Crippen molar-refractivity contribution in [3.63, 3.8) is 0 Å². The van der Waals surface area contributed by atoms with Crippen molar-refractivity contribution in [3.8, 4) is 0 Å². The summed E-state index contributed by atoms with van der Waals surface area (Å²) in [5.41, 5.74) is 3.59. The van der Waals surface area contributed by atoms with Gasteiger partial charge < -0.3 is 9.64 Å². The number of ether oxygens (including phenoxy) is 1. The number of hydrogen-bond donors (Lipinski definition) is 0. The van der Waals surface area contributed by atoms with Crippen molar-refractivity contribution in [3.05, 3.63) is 41.1 Å². The van der Waals surface area contributed by atoms with Gasteiger partial charge in [0.25, 0.3) is 5.91 Å². The average Bonchev–Trinajstić information content (AvgIpc) is 2.50. The second-order valence-corrected chi connectivity index (χ2v) is 6.47. The summed E-state index contributed by atoms with van der Waals surface area (Å²) < 4.78 is 5.16. The first-order chi connectivity index (χ1) is 10.9. The van der Waals surface area contributed by atoms with E-state index < -0.39 is 0 Å². The first-order valence-electron chi connectivity index (χ1n) is 8.08. The molecule has 0 spiro atoms. The number of amides is 1. The molecule has 1 aromatic carbocycles. The summed E-state index contributed by atoms with van der Waals surface area (Å²) >= 11 is 0. The molecule has 0 unspecified atom stereocenters. The molecule has 0 aliphatic heterocycles. The largest absolute Gasteiger partial charge is 0.383 e. The summed E-state index contributed by atoms with van der Waals surface area (Å²) in [6, 6.07) is 7.94. The van der Waals surface area contributed by atoms with Gasteiger partial charge in [0.1, 0.15) is 0 Å². The van der Waals surface area contributed by atoms with Gasteiger partial charge in [0.15, 0.2) is 0 Å². The minimum Gasteiger partial charge on any atom is -0.383 e. The number of benzene rings is 1. The first-order valence-corrected chi connectivity index (χ1v) is 8.08. The number of carbonyl (C=O) groups excluding carboxylic acids is 1. The van der Waals surface area contributed by atoms with Crippen molar-refractivity contribution >= 4 is 16.8 Å². The van der Waals surface area contributed by atoms with Crippen LogP contribution in [-0.2, 0) is 4.74 Å². The van der Waals surface area contributed by atoms with E-state index in [-0.39, 0.29) is 5.91 Å². The van der Waals surface area contributed by atoms with Gasteiger partial charge in [-0.05, 0) is 38.0 Å². The molecule has 0 atom stereocenters. The minimum atomic E-state index is 0.0526. The molecule has 4 nitrogen and oxygen atoms in total. The highest BCUT2D eigenvalue weighted by Crippen LogP contribution is 2.22. The average molecular weight is 314 g/mol. The highest BCUT2D eigenvalue weighted by Gasteiger charge is 2.20. The molecule has 0 N–H and O–H groups in total. The summed E-state index contributed by atoms with van der Waals surface area (Å²) in [6.07, 6.45) is 0. The lowest BCUT2D eigenvalue weighted by molar-refractivity contribution is 0.0674. The monoisotopic (exact) mass is 314 g/mol. The van der Waals surface area contributed by atoms with Gasteiger partial charge in [-0.15, -0.1) is 0 Å². The van der Waals surface area contributed by atoms with Gasteiger partial charge in [0.05, 0.1) is 17.7 Å². The van der Waals surface area contributed by atoms with Gasteiger partial charge in [-0.3, -0.25) is 9.78 Å². The van der Waals surface area contributed by atoms with Crippen LogP contribution in [0, 0.1) is 19.8 Å². The Morgan fingerprint density at radius 3 is 2.65 bits per heavy atom. The molecule has 1 aromatic heterocycles. The third-order valence-corrected chi connectivity index (χ3v) is 3.76. The van der Waals surface area contributed by atoms with Crippen LogP contribution in [0.1, 0.15) is 35.5 Å². The van der Waals surface area contributed by atoms with E-state index in [0.717, 1.165) is 34.3 Å². The van der Waals surface area contributed by atoms with Crippen LogP contribution in [0.4, 0.5) is 0 Å². The Morgan fingerprint density at radius 2 is 2.00 bits per heavy atom.